The van der Waals surface area contributed by atoms with Gasteiger partial charge >= 0.3 is 0 Å². The fourth-order valence-electron chi connectivity index (χ4n) is 2.34. The quantitative estimate of drug-likeness (QED) is 0.126. The summed E-state index contributed by atoms with van der Waals surface area (Å²) in [5, 5.41) is 17.0. The number of halogens is 3. The van der Waals surface area contributed by atoms with Crippen LogP contribution in [0, 0.1) is 5.82 Å². The summed E-state index contributed by atoms with van der Waals surface area (Å²) >= 11 is 1.18. The molecule has 1 heterocycles. The van der Waals surface area contributed by atoms with Crippen LogP contribution in [0.4, 0.5) is 18.9 Å². The lowest BCUT2D eigenvalue weighted by atomic mass is 10.2. The first-order chi connectivity index (χ1) is 14.6. The van der Waals surface area contributed by atoms with E-state index in [1.165, 1.54) is 18.0 Å². The number of thioether (sulfide) groups is 1. The number of rotatable bonds is 11. The molecule has 1 aromatic carbocycles. The maximum atomic E-state index is 13.4. The Morgan fingerprint density at radius 1 is 1.39 bits per heavy atom. The Bertz CT molecular complexity index is 1040. The summed E-state index contributed by atoms with van der Waals surface area (Å²) in [5.41, 5.74) is 0.949. The van der Waals surface area contributed by atoms with Crippen molar-refractivity contribution in [1.82, 2.24) is 15.8 Å². The number of aromatic nitrogens is 2. The molecule has 0 aliphatic heterocycles. The van der Waals surface area contributed by atoms with Crippen molar-refractivity contribution in [3.8, 4) is 0 Å². The van der Waals surface area contributed by atoms with Crippen LogP contribution in [0.15, 0.2) is 32.8 Å². The summed E-state index contributed by atoms with van der Waals surface area (Å²) in [5.74, 6) is 2.88. The molecule has 0 amide bonds. The van der Waals surface area contributed by atoms with Crippen molar-refractivity contribution in [3.05, 3.63) is 35.3 Å². The predicted molar refractivity (Wildman–Crippen MR) is 112 cm³/mol. The first-order valence-corrected chi connectivity index (χ1v) is 12.2. The Balaban J connectivity index is 2.02. The molecule has 0 aliphatic rings. The molecule has 2 aromatic rings. The van der Waals surface area contributed by atoms with Crippen LogP contribution >= 0.6 is 11.8 Å². The van der Waals surface area contributed by atoms with Gasteiger partial charge in [-0.2, -0.15) is 0 Å². The third-order valence-corrected chi connectivity index (χ3v) is 6.00. The predicted octanol–water partition coefficient (Wildman–Crippen LogP) is 3.38. The molecule has 0 fully saturated rings. The summed E-state index contributed by atoms with van der Waals surface area (Å²) < 4.78 is 55.4. The highest BCUT2D eigenvalue weighted by molar-refractivity contribution is 7.99. The zero-order chi connectivity index (χ0) is 23.0. The molecule has 0 bridgehead atoms. The molecule has 0 saturated heterocycles. The van der Waals surface area contributed by atoms with Crippen molar-refractivity contribution in [2.45, 2.75) is 30.7 Å². The van der Waals surface area contributed by atoms with Gasteiger partial charge in [-0.3, -0.25) is 19.7 Å². The smallest absolute Gasteiger partial charge is 0.266 e. The fourth-order valence-corrected chi connectivity index (χ4v) is 3.84. The van der Waals surface area contributed by atoms with Crippen molar-refractivity contribution in [2.75, 3.05) is 17.8 Å². The van der Waals surface area contributed by atoms with Crippen LogP contribution in [0.1, 0.15) is 36.9 Å². The summed E-state index contributed by atoms with van der Waals surface area (Å²) in [6.07, 6.45) is -0.533. The zero-order valence-electron chi connectivity index (χ0n) is 16.5. The second-order valence-corrected chi connectivity index (χ2v) is 10.5. The topological polar surface area (TPSA) is 118 Å². The van der Waals surface area contributed by atoms with E-state index in [0.717, 1.165) is 18.2 Å². The number of carbonyl (C=O) groups excluding carboxylic acids is 1. The number of benzene rings is 1. The normalized spacial score (nSPS) is 13.9. The molecule has 0 radical (unpaired) electrons. The maximum Gasteiger partial charge on any atom is 0.266 e. The number of hydroxylamine groups is 1. The molecule has 2 N–H and O–H groups in total. The van der Waals surface area contributed by atoms with Gasteiger partial charge in [-0.15, -0.1) is 11.8 Å². The lowest BCUT2D eigenvalue weighted by Gasteiger charge is -2.06. The van der Waals surface area contributed by atoms with Gasteiger partial charge in [0.25, 0.3) is 6.43 Å². The van der Waals surface area contributed by atoms with Gasteiger partial charge in [0, 0.05) is 30.6 Å². The Labute approximate surface area is 181 Å². The molecule has 170 valence electrons. The number of alkyl halides is 2. The van der Waals surface area contributed by atoms with Gasteiger partial charge in [-0.05, 0) is 50.3 Å². The van der Waals surface area contributed by atoms with Crippen LogP contribution in [-0.4, -0.2) is 55.0 Å². The van der Waals surface area contributed by atoms with Crippen molar-refractivity contribution in [1.29, 1.82) is 0 Å². The Morgan fingerprint density at radius 2 is 2.13 bits per heavy atom. The number of ketones is 1. The monoisotopic (exact) mass is 478 g/mol. The summed E-state index contributed by atoms with van der Waals surface area (Å²) in [4.78, 5) is 15.8. The van der Waals surface area contributed by atoms with E-state index in [4.69, 9.17) is 0 Å². The van der Waals surface area contributed by atoms with E-state index >= 15 is 0 Å². The number of aliphatic imine (C=N–C) groups is 1. The molecule has 31 heavy (non-hydrogen) atoms. The molecular weight excluding hydrogens is 457 g/mol. The minimum Gasteiger partial charge on any atom is -0.300 e. The van der Waals surface area contributed by atoms with Gasteiger partial charge in [-0.1, -0.05) is 0 Å². The van der Waals surface area contributed by atoms with Gasteiger partial charge in [0.1, 0.15) is 11.6 Å². The van der Waals surface area contributed by atoms with E-state index in [9.17, 15) is 27.4 Å². The van der Waals surface area contributed by atoms with Crippen LogP contribution in [0.25, 0.3) is 0 Å². The van der Waals surface area contributed by atoms with Crippen LogP contribution in [-0.2, 0) is 14.3 Å². The highest BCUT2D eigenvalue weighted by Crippen LogP contribution is 2.27. The number of amidine groups is 1. The number of carbonyl (C=O) groups is 1. The Morgan fingerprint density at radius 3 is 2.77 bits per heavy atom. The fraction of sp³-hybridized carbons (Fsp3) is 0.389. The van der Waals surface area contributed by atoms with Gasteiger partial charge in [0.15, 0.2) is 16.6 Å². The van der Waals surface area contributed by atoms with Crippen molar-refractivity contribution < 1.29 is 32.0 Å². The van der Waals surface area contributed by atoms with Gasteiger partial charge in [0.2, 0.25) is 0 Å². The van der Waals surface area contributed by atoms with E-state index in [2.05, 4.69) is 25.8 Å². The second-order valence-electron chi connectivity index (χ2n) is 6.63. The van der Waals surface area contributed by atoms with Crippen molar-refractivity contribution >= 4 is 44.5 Å². The van der Waals surface area contributed by atoms with Crippen LogP contribution < -0.4 is 5.48 Å². The minimum atomic E-state index is -3.03. The van der Waals surface area contributed by atoms with Crippen LogP contribution in [0.3, 0.4) is 0 Å². The zero-order valence-corrected chi connectivity index (χ0v) is 18.1. The number of nitrogens with zero attached hydrogens (tertiary/aromatic N) is 3. The molecule has 13 heteroatoms. The molecule has 0 aliphatic carbocycles. The molecule has 2 rings (SSSR count). The maximum absolute atomic E-state index is 13.4. The lowest BCUT2D eigenvalue weighted by molar-refractivity contribution is -0.118. The molecule has 1 unspecified atom stereocenters. The molecule has 0 saturated carbocycles. The Hall–Kier alpha value is -2.38. The number of hydrogen-bond acceptors (Lipinski definition) is 8. The highest BCUT2D eigenvalue weighted by atomic mass is 32.2. The van der Waals surface area contributed by atoms with Gasteiger partial charge < -0.3 is 0 Å². The molecule has 1 aromatic heterocycles. The average Bonchev–Trinajstić information content (AvgIpc) is 3.16. The number of nitrogens with one attached hydrogen (secondary N) is 1. The molecular formula is C18H21F3N4O4S2. The summed E-state index contributed by atoms with van der Waals surface area (Å²) in [7, 11) is -2.20. The third kappa shape index (κ3) is 7.99. The van der Waals surface area contributed by atoms with Crippen LogP contribution in [0.2, 0.25) is 0 Å². The average molecular weight is 479 g/mol. The van der Waals surface area contributed by atoms with E-state index in [1.807, 2.05) is 0 Å². The number of Topliss-reactive ketones (excluding diaryl/α,β-unsaturated/α-hetero) is 1. The van der Waals surface area contributed by atoms with Crippen molar-refractivity contribution in [3.63, 3.8) is 0 Å². The summed E-state index contributed by atoms with van der Waals surface area (Å²) in [6, 6.07) is 2.85. The van der Waals surface area contributed by atoms with E-state index in [-0.39, 0.29) is 46.6 Å². The first kappa shape index (κ1) is 24.9. The minimum absolute atomic E-state index is 0.0181. The molecule has 1 atom stereocenters. The van der Waals surface area contributed by atoms with E-state index in [0.29, 0.717) is 12.2 Å². The van der Waals surface area contributed by atoms with Crippen LogP contribution in [0.5, 0.6) is 0 Å². The first-order valence-electron chi connectivity index (χ1n) is 8.94. The standard InChI is InChI=1S/C18H21F3N4O4S2/c1-31(2,28)9-7-12(26)4-3-8-30-18-15(24-29-25-18)17(23-27)22-11-5-6-14(19)13(10-11)16(20)21/h5-6,10,16,27H,1,3-4,7-9H2,2H3,(H,22,23). The number of hydrogen-bond donors (Lipinski definition) is 2. The van der Waals surface area contributed by atoms with Crippen molar-refractivity contribution in [2.24, 2.45) is 4.99 Å². The lowest BCUT2D eigenvalue weighted by Crippen LogP contribution is -2.21. The largest absolute Gasteiger partial charge is 0.300 e. The molecule has 8 nitrogen and oxygen atoms in total. The van der Waals surface area contributed by atoms with Gasteiger partial charge in [0.05, 0.1) is 11.3 Å². The second kappa shape index (κ2) is 11.3. The highest BCUT2D eigenvalue weighted by Gasteiger charge is 2.19. The van der Waals surface area contributed by atoms with E-state index in [1.54, 1.807) is 5.48 Å². The van der Waals surface area contributed by atoms with E-state index < -0.39 is 27.3 Å². The third-order valence-electron chi connectivity index (χ3n) is 3.90. The summed E-state index contributed by atoms with van der Waals surface area (Å²) in [6.45, 7) is 0. The molecule has 0 spiro atoms. The Kier molecular flexibility index (Phi) is 9.07. The SMILES string of the molecule is C=S(C)(=O)CCC(=O)CCCSc1nonc1C(=Nc1ccc(F)c(C(F)F)c1)NO. The van der Waals surface area contributed by atoms with Gasteiger partial charge in [-0.25, -0.2) is 22.8 Å².